The van der Waals surface area contributed by atoms with Crippen LogP contribution in [0.2, 0.25) is 0 Å². The van der Waals surface area contributed by atoms with Crippen molar-refractivity contribution in [3.8, 4) is 0 Å². The first-order valence-electron chi connectivity index (χ1n) is 5.36. The maximum atomic E-state index is 11.1. The van der Waals surface area contributed by atoms with Crippen molar-refractivity contribution in [1.82, 2.24) is 9.88 Å². The maximum absolute atomic E-state index is 11.1. The minimum atomic E-state index is 0.296. The lowest BCUT2D eigenvalue weighted by molar-refractivity contribution is -0.118. The number of hydrogen-bond donors (Lipinski definition) is 0. The van der Waals surface area contributed by atoms with Crippen LogP contribution in [0.5, 0.6) is 0 Å². The summed E-state index contributed by atoms with van der Waals surface area (Å²) in [6.07, 6.45) is 3.07. The standard InChI is InChI=1S/C11H16N2OS/c1-9(14)5-11-3-2-4-13(11)6-10-7-15-8-12-10/h7-8,11H,2-6H2,1H3. The molecule has 1 aliphatic heterocycles. The number of carbonyl (C=O) groups is 1. The van der Waals surface area contributed by atoms with E-state index < -0.39 is 0 Å². The van der Waals surface area contributed by atoms with Crippen LogP contribution >= 0.6 is 11.3 Å². The third-order valence-electron chi connectivity index (χ3n) is 2.87. The van der Waals surface area contributed by atoms with Crippen molar-refractivity contribution in [2.75, 3.05) is 6.54 Å². The predicted octanol–water partition coefficient (Wildman–Crippen LogP) is 2.09. The van der Waals surface area contributed by atoms with E-state index in [4.69, 9.17) is 0 Å². The SMILES string of the molecule is CC(=O)CC1CCCN1Cc1cscn1. The quantitative estimate of drug-likeness (QED) is 0.785. The van der Waals surface area contributed by atoms with E-state index in [1.165, 1.54) is 6.42 Å². The van der Waals surface area contributed by atoms with E-state index in [0.29, 0.717) is 18.2 Å². The molecule has 0 amide bonds. The van der Waals surface area contributed by atoms with Gasteiger partial charge >= 0.3 is 0 Å². The molecule has 1 saturated heterocycles. The first kappa shape index (κ1) is 10.8. The van der Waals surface area contributed by atoms with Crippen molar-refractivity contribution < 1.29 is 4.79 Å². The van der Waals surface area contributed by atoms with Gasteiger partial charge in [0.05, 0.1) is 11.2 Å². The molecule has 15 heavy (non-hydrogen) atoms. The number of thiazole rings is 1. The van der Waals surface area contributed by atoms with Crippen LogP contribution in [0.25, 0.3) is 0 Å². The zero-order valence-electron chi connectivity index (χ0n) is 8.98. The summed E-state index contributed by atoms with van der Waals surface area (Å²) in [7, 11) is 0. The van der Waals surface area contributed by atoms with Gasteiger partial charge in [-0.2, -0.15) is 0 Å². The van der Waals surface area contributed by atoms with Crippen molar-refractivity contribution in [3.05, 3.63) is 16.6 Å². The number of aromatic nitrogens is 1. The number of nitrogens with zero attached hydrogens (tertiary/aromatic N) is 2. The highest BCUT2D eigenvalue weighted by molar-refractivity contribution is 7.07. The molecule has 0 spiro atoms. The Morgan fingerprint density at radius 2 is 2.60 bits per heavy atom. The van der Waals surface area contributed by atoms with E-state index in [1.807, 2.05) is 5.51 Å². The summed E-state index contributed by atoms with van der Waals surface area (Å²) < 4.78 is 0. The molecule has 2 rings (SSSR count). The molecule has 0 aromatic carbocycles. The first-order valence-corrected chi connectivity index (χ1v) is 6.30. The monoisotopic (exact) mass is 224 g/mol. The molecule has 1 fully saturated rings. The summed E-state index contributed by atoms with van der Waals surface area (Å²) in [5.74, 6) is 0.296. The van der Waals surface area contributed by atoms with Gasteiger partial charge in [0, 0.05) is 24.4 Å². The average Bonchev–Trinajstić information content (AvgIpc) is 2.78. The van der Waals surface area contributed by atoms with Crippen molar-refractivity contribution in [3.63, 3.8) is 0 Å². The lowest BCUT2D eigenvalue weighted by atomic mass is 10.1. The van der Waals surface area contributed by atoms with Crippen LogP contribution in [0.4, 0.5) is 0 Å². The summed E-state index contributed by atoms with van der Waals surface area (Å²) in [5.41, 5.74) is 3.00. The number of rotatable bonds is 4. The van der Waals surface area contributed by atoms with E-state index in [-0.39, 0.29) is 0 Å². The normalized spacial score (nSPS) is 22.1. The second kappa shape index (κ2) is 4.86. The zero-order valence-corrected chi connectivity index (χ0v) is 9.80. The summed E-state index contributed by atoms with van der Waals surface area (Å²) in [6.45, 7) is 3.69. The number of hydrogen-bond acceptors (Lipinski definition) is 4. The molecule has 1 aromatic rings. The van der Waals surface area contributed by atoms with Crippen LogP contribution in [0.1, 0.15) is 31.9 Å². The lowest BCUT2D eigenvalue weighted by Crippen LogP contribution is -2.30. The minimum absolute atomic E-state index is 0.296. The molecule has 0 radical (unpaired) electrons. The number of ketones is 1. The van der Waals surface area contributed by atoms with E-state index >= 15 is 0 Å². The third kappa shape index (κ3) is 2.86. The van der Waals surface area contributed by atoms with Crippen LogP contribution in [0.3, 0.4) is 0 Å². The number of likely N-dealkylation sites (tertiary alicyclic amines) is 1. The summed E-state index contributed by atoms with van der Waals surface area (Å²) in [4.78, 5) is 17.8. The largest absolute Gasteiger partial charge is 0.300 e. The van der Waals surface area contributed by atoms with Gasteiger partial charge in [-0.25, -0.2) is 4.98 Å². The maximum Gasteiger partial charge on any atom is 0.131 e. The Balaban J connectivity index is 1.93. The highest BCUT2D eigenvalue weighted by Crippen LogP contribution is 2.22. The van der Waals surface area contributed by atoms with Gasteiger partial charge in [-0.1, -0.05) is 0 Å². The van der Waals surface area contributed by atoms with E-state index in [1.54, 1.807) is 18.3 Å². The Bertz CT molecular complexity index is 323. The molecule has 1 unspecified atom stereocenters. The summed E-state index contributed by atoms with van der Waals surface area (Å²) in [5, 5.41) is 2.09. The smallest absolute Gasteiger partial charge is 0.131 e. The molecular formula is C11H16N2OS. The van der Waals surface area contributed by atoms with Crippen LogP contribution in [-0.2, 0) is 11.3 Å². The molecule has 4 heteroatoms. The summed E-state index contributed by atoms with van der Waals surface area (Å²) in [6, 6.07) is 0.448. The fourth-order valence-corrected chi connectivity index (χ4v) is 2.74. The highest BCUT2D eigenvalue weighted by atomic mass is 32.1. The number of Topliss-reactive ketones (excluding diaryl/α,β-unsaturated/α-hetero) is 1. The molecule has 2 heterocycles. The molecule has 0 aliphatic carbocycles. The molecule has 0 saturated carbocycles. The van der Waals surface area contributed by atoms with Crippen molar-refractivity contribution >= 4 is 17.1 Å². The molecule has 1 aliphatic rings. The van der Waals surface area contributed by atoms with Gasteiger partial charge in [0.25, 0.3) is 0 Å². The molecule has 82 valence electrons. The van der Waals surface area contributed by atoms with Gasteiger partial charge in [0.2, 0.25) is 0 Å². The Kier molecular flexibility index (Phi) is 3.49. The average molecular weight is 224 g/mol. The second-order valence-corrected chi connectivity index (χ2v) is 4.87. The molecule has 3 nitrogen and oxygen atoms in total. The van der Waals surface area contributed by atoms with Gasteiger partial charge in [-0.15, -0.1) is 11.3 Å². The Morgan fingerprint density at radius 3 is 3.27 bits per heavy atom. The Labute approximate surface area is 94.1 Å². The fourth-order valence-electron chi connectivity index (χ4n) is 2.19. The van der Waals surface area contributed by atoms with E-state index in [0.717, 1.165) is 25.2 Å². The van der Waals surface area contributed by atoms with Gasteiger partial charge in [0.15, 0.2) is 0 Å². The highest BCUT2D eigenvalue weighted by Gasteiger charge is 2.25. The van der Waals surface area contributed by atoms with E-state index in [9.17, 15) is 4.79 Å². The van der Waals surface area contributed by atoms with Gasteiger partial charge in [-0.3, -0.25) is 9.69 Å². The topological polar surface area (TPSA) is 33.2 Å². The van der Waals surface area contributed by atoms with Crippen molar-refractivity contribution in [2.45, 2.75) is 38.8 Å². The van der Waals surface area contributed by atoms with Crippen LogP contribution < -0.4 is 0 Å². The van der Waals surface area contributed by atoms with Gasteiger partial charge in [-0.05, 0) is 26.3 Å². The Morgan fingerprint density at radius 1 is 1.73 bits per heavy atom. The predicted molar refractivity (Wildman–Crippen MR) is 60.8 cm³/mol. The fraction of sp³-hybridized carbons (Fsp3) is 0.636. The zero-order chi connectivity index (χ0) is 10.7. The third-order valence-corrected chi connectivity index (χ3v) is 3.51. The van der Waals surface area contributed by atoms with Crippen molar-refractivity contribution in [2.24, 2.45) is 0 Å². The molecule has 1 atom stereocenters. The van der Waals surface area contributed by atoms with Crippen LogP contribution in [0, 0.1) is 0 Å². The summed E-state index contributed by atoms with van der Waals surface area (Å²) >= 11 is 1.63. The first-order chi connectivity index (χ1) is 7.25. The van der Waals surface area contributed by atoms with Crippen LogP contribution in [0.15, 0.2) is 10.9 Å². The number of carbonyl (C=O) groups excluding carboxylic acids is 1. The van der Waals surface area contributed by atoms with Gasteiger partial charge < -0.3 is 0 Å². The van der Waals surface area contributed by atoms with Crippen molar-refractivity contribution in [1.29, 1.82) is 0 Å². The minimum Gasteiger partial charge on any atom is -0.300 e. The van der Waals surface area contributed by atoms with Crippen LogP contribution in [-0.4, -0.2) is 28.3 Å². The molecular weight excluding hydrogens is 208 g/mol. The Hall–Kier alpha value is -0.740. The second-order valence-electron chi connectivity index (χ2n) is 4.15. The molecule has 0 N–H and O–H groups in total. The lowest BCUT2D eigenvalue weighted by Gasteiger charge is -2.22. The molecule has 0 bridgehead atoms. The van der Waals surface area contributed by atoms with Gasteiger partial charge in [0.1, 0.15) is 5.78 Å². The molecule has 1 aromatic heterocycles. The van der Waals surface area contributed by atoms with E-state index in [2.05, 4.69) is 15.3 Å².